The fourth-order valence-electron chi connectivity index (χ4n) is 2.78. The van der Waals surface area contributed by atoms with Crippen molar-refractivity contribution in [1.29, 1.82) is 0 Å². The number of rotatable bonds is 6. The summed E-state index contributed by atoms with van der Waals surface area (Å²) in [5.41, 5.74) is 1.41. The van der Waals surface area contributed by atoms with Crippen LogP contribution < -0.4 is 15.0 Å². The number of ether oxygens (including phenoxy) is 1. The molecule has 0 radical (unpaired) electrons. The molecule has 0 spiro atoms. The third kappa shape index (κ3) is 4.68. The fraction of sp³-hybridized carbons (Fsp3) is 0.421. The molecule has 1 aromatic heterocycles. The zero-order valence-corrected chi connectivity index (χ0v) is 14.7. The van der Waals surface area contributed by atoms with E-state index in [9.17, 15) is 4.79 Å². The zero-order chi connectivity index (χ0) is 17.6. The van der Waals surface area contributed by atoms with E-state index >= 15 is 0 Å². The predicted molar refractivity (Wildman–Crippen MR) is 96.9 cm³/mol. The van der Waals surface area contributed by atoms with Crippen LogP contribution in [0, 0.1) is 0 Å². The molecule has 0 aliphatic carbocycles. The molecular formula is C19H24N4O2. The van der Waals surface area contributed by atoms with Gasteiger partial charge in [-0.2, -0.15) is 0 Å². The van der Waals surface area contributed by atoms with Crippen molar-refractivity contribution in [3.63, 3.8) is 0 Å². The second kappa shape index (κ2) is 7.96. The summed E-state index contributed by atoms with van der Waals surface area (Å²) in [7, 11) is 0. The van der Waals surface area contributed by atoms with Crippen molar-refractivity contribution in [2.75, 3.05) is 18.0 Å². The highest BCUT2D eigenvalue weighted by molar-refractivity contribution is 5.92. The van der Waals surface area contributed by atoms with Crippen LogP contribution in [-0.4, -0.2) is 35.1 Å². The molecule has 2 aromatic rings. The minimum Gasteiger partial charge on any atom is -0.491 e. The molecule has 2 heterocycles. The Bertz CT molecular complexity index is 710. The van der Waals surface area contributed by atoms with Crippen LogP contribution in [0.25, 0.3) is 0 Å². The second-order valence-corrected chi connectivity index (χ2v) is 6.43. The molecule has 0 saturated carbocycles. The van der Waals surface area contributed by atoms with Gasteiger partial charge in [0.25, 0.3) is 5.91 Å². The molecule has 1 aliphatic rings. The van der Waals surface area contributed by atoms with Gasteiger partial charge in [-0.15, -0.1) is 0 Å². The van der Waals surface area contributed by atoms with Gasteiger partial charge < -0.3 is 15.0 Å². The van der Waals surface area contributed by atoms with Gasteiger partial charge >= 0.3 is 0 Å². The second-order valence-electron chi connectivity index (χ2n) is 6.43. The summed E-state index contributed by atoms with van der Waals surface area (Å²) in [5, 5.41) is 2.90. The van der Waals surface area contributed by atoms with Crippen molar-refractivity contribution in [1.82, 2.24) is 15.3 Å². The van der Waals surface area contributed by atoms with Gasteiger partial charge in [0.15, 0.2) is 0 Å². The summed E-state index contributed by atoms with van der Waals surface area (Å²) in [4.78, 5) is 23.1. The Balaban J connectivity index is 1.58. The average molecular weight is 340 g/mol. The molecule has 1 aromatic carbocycles. The van der Waals surface area contributed by atoms with E-state index in [1.54, 1.807) is 12.3 Å². The van der Waals surface area contributed by atoms with Crippen LogP contribution in [0.4, 0.5) is 5.95 Å². The molecule has 0 unspecified atom stereocenters. The van der Waals surface area contributed by atoms with E-state index in [0.717, 1.165) is 37.2 Å². The summed E-state index contributed by atoms with van der Waals surface area (Å²) >= 11 is 0. The highest BCUT2D eigenvalue weighted by atomic mass is 16.5. The third-order valence-electron chi connectivity index (χ3n) is 4.01. The summed E-state index contributed by atoms with van der Waals surface area (Å²) in [6.07, 6.45) is 4.09. The predicted octanol–water partition coefficient (Wildman–Crippen LogP) is 2.79. The number of anilines is 1. The maximum Gasteiger partial charge on any atom is 0.270 e. The largest absolute Gasteiger partial charge is 0.491 e. The summed E-state index contributed by atoms with van der Waals surface area (Å²) < 4.78 is 5.62. The molecule has 0 bridgehead atoms. The van der Waals surface area contributed by atoms with Crippen molar-refractivity contribution >= 4 is 11.9 Å². The van der Waals surface area contributed by atoms with Crippen LogP contribution in [0.3, 0.4) is 0 Å². The Labute approximate surface area is 148 Å². The van der Waals surface area contributed by atoms with E-state index in [1.807, 2.05) is 38.1 Å². The van der Waals surface area contributed by atoms with E-state index in [2.05, 4.69) is 20.2 Å². The molecule has 132 valence electrons. The molecule has 1 amide bonds. The molecule has 1 saturated heterocycles. The summed E-state index contributed by atoms with van der Waals surface area (Å²) in [5.74, 6) is 1.28. The molecule has 6 heteroatoms. The number of nitrogens with zero attached hydrogens (tertiary/aromatic N) is 3. The number of benzene rings is 1. The lowest BCUT2D eigenvalue weighted by molar-refractivity contribution is 0.0946. The van der Waals surface area contributed by atoms with E-state index in [1.165, 1.54) is 0 Å². The van der Waals surface area contributed by atoms with Crippen LogP contribution >= 0.6 is 0 Å². The molecule has 1 N–H and O–H groups in total. The Morgan fingerprint density at radius 3 is 2.60 bits per heavy atom. The Morgan fingerprint density at radius 2 is 1.92 bits per heavy atom. The Hall–Kier alpha value is -2.63. The van der Waals surface area contributed by atoms with Gasteiger partial charge in [-0.05, 0) is 50.5 Å². The van der Waals surface area contributed by atoms with Crippen molar-refractivity contribution < 1.29 is 9.53 Å². The van der Waals surface area contributed by atoms with Crippen molar-refractivity contribution in [2.24, 2.45) is 0 Å². The van der Waals surface area contributed by atoms with E-state index in [0.29, 0.717) is 18.2 Å². The van der Waals surface area contributed by atoms with Crippen LogP contribution in [0.5, 0.6) is 5.75 Å². The minimum atomic E-state index is -0.189. The van der Waals surface area contributed by atoms with Gasteiger partial charge in [0.2, 0.25) is 5.95 Å². The fourth-order valence-corrected chi connectivity index (χ4v) is 2.78. The quantitative estimate of drug-likeness (QED) is 0.876. The number of nitrogens with one attached hydrogen (secondary N) is 1. The lowest BCUT2D eigenvalue weighted by Crippen LogP contribution is -2.26. The molecule has 1 fully saturated rings. The molecule has 0 atom stereocenters. The molecule has 25 heavy (non-hydrogen) atoms. The van der Waals surface area contributed by atoms with Gasteiger partial charge in [0.1, 0.15) is 11.4 Å². The van der Waals surface area contributed by atoms with Gasteiger partial charge in [-0.1, -0.05) is 12.1 Å². The number of amides is 1. The van der Waals surface area contributed by atoms with E-state index in [-0.39, 0.29) is 12.0 Å². The maximum atomic E-state index is 12.4. The van der Waals surface area contributed by atoms with Crippen molar-refractivity contribution in [3.8, 4) is 5.75 Å². The first kappa shape index (κ1) is 17.2. The lowest BCUT2D eigenvalue weighted by Gasteiger charge is -2.15. The lowest BCUT2D eigenvalue weighted by atomic mass is 10.2. The van der Waals surface area contributed by atoms with Crippen molar-refractivity contribution in [2.45, 2.75) is 39.3 Å². The number of hydrogen-bond donors (Lipinski definition) is 1. The van der Waals surface area contributed by atoms with Crippen LogP contribution in [-0.2, 0) is 6.54 Å². The Morgan fingerprint density at radius 1 is 1.20 bits per heavy atom. The smallest absolute Gasteiger partial charge is 0.270 e. The monoisotopic (exact) mass is 340 g/mol. The van der Waals surface area contributed by atoms with E-state index < -0.39 is 0 Å². The normalized spacial score (nSPS) is 14.0. The summed E-state index contributed by atoms with van der Waals surface area (Å²) in [6.45, 7) is 6.34. The van der Waals surface area contributed by atoms with Gasteiger partial charge in [-0.3, -0.25) is 4.79 Å². The van der Waals surface area contributed by atoms with Gasteiger partial charge in [0.05, 0.1) is 6.10 Å². The molecular weight excluding hydrogens is 316 g/mol. The number of hydrogen-bond acceptors (Lipinski definition) is 5. The first-order valence-electron chi connectivity index (χ1n) is 8.73. The maximum absolute atomic E-state index is 12.4. The highest BCUT2D eigenvalue weighted by Crippen LogP contribution is 2.16. The van der Waals surface area contributed by atoms with E-state index in [4.69, 9.17) is 4.74 Å². The number of aromatic nitrogens is 2. The number of carbonyl (C=O) groups excluding carboxylic acids is 1. The molecule has 6 nitrogen and oxygen atoms in total. The molecule has 1 aliphatic heterocycles. The Kier molecular flexibility index (Phi) is 5.48. The first-order chi connectivity index (χ1) is 12.1. The highest BCUT2D eigenvalue weighted by Gasteiger charge is 2.16. The topological polar surface area (TPSA) is 67.3 Å². The van der Waals surface area contributed by atoms with Crippen LogP contribution in [0.1, 0.15) is 42.7 Å². The number of carbonyl (C=O) groups is 1. The minimum absolute atomic E-state index is 0.146. The van der Waals surface area contributed by atoms with Crippen molar-refractivity contribution in [3.05, 3.63) is 47.8 Å². The summed E-state index contributed by atoms with van der Waals surface area (Å²) in [6, 6.07) is 9.38. The van der Waals surface area contributed by atoms with Gasteiger partial charge in [0, 0.05) is 25.8 Å². The molecule has 3 rings (SSSR count). The first-order valence-corrected chi connectivity index (χ1v) is 8.73. The van der Waals surface area contributed by atoms with Crippen LogP contribution in [0.15, 0.2) is 36.5 Å². The SMILES string of the molecule is CC(C)Oc1ccc(CNC(=O)c2ccnc(N3CCCC3)n2)cc1. The van der Waals surface area contributed by atoms with Crippen LogP contribution in [0.2, 0.25) is 0 Å². The third-order valence-corrected chi connectivity index (χ3v) is 4.01. The average Bonchev–Trinajstić information content (AvgIpc) is 3.15. The van der Waals surface area contributed by atoms with Gasteiger partial charge in [-0.25, -0.2) is 9.97 Å². The zero-order valence-electron chi connectivity index (χ0n) is 14.7. The standard InChI is InChI=1S/C19H24N4O2/c1-14(2)25-16-7-5-15(6-8-16)13-21-18(24)17-9-10-20-19(22-17)23-11-3-4-12-23/h5-10,14H,3-4,11-13H2,1-2H3,(H,21,24).